The summed E-state index contributed by atoms with van der Waals surface area (Å²) in [4.78, 5) is 34.9. The first-order valence-corrected chi connectivity index (χ1v) is 11.4. The first-order chi connectivity index (χ1) is 17.7. The number of rotatable bonds is 5. The second kappa shape index (κ2) is 8.15. The molecule has 0 fully saturated rings. The molecule has 0 unspecified atom stereocenters. The van der Waals surface area contributed by atoms with Crippen LogP contribution < -0.4 is 19.9 Å². The molecule has 1 N–H and O–H groups in total. The summed E-state index contributed by atoms with van der Waals surface area (Å²) in [6, 6.07) is 11.8. The highest BCUT2D eigenvalue weighted by Crippen LogP contribution is 2.42. The molecular formula is C25H20F2N6O4. The minimum absolute atomic E-state index is 0.126. The van der Waals surface area contributed by atoms with Crippen molar-refractivity contribution in [2.75, 3.05) is 11.4 Å². The van der Waals surface area contributed by atoms with Gasteiger partial charge in [0.2, 0.25) is 5.91 Å². The van der Waals surface area contributed by atoms with E-state index in [9.17, 15) is 18.4 Å². The second-order valence-corrected chi connectivity index (χ2v) is 8.57. The number of nitrogens with one attached hydrogen (secondary N) is 1. The molecule has 4 heterocycles. The van der Waals surface area contributed by atoms with Gasteiger partial charge in [-0.25, -0.2) is 9.67 Å². The molecule has 0 radical (unpaired) electrons. The summed E-state index contributed by atoms with van der Waals surface area (Å²) >= 11 is 0. The lowest BCUT2D eigenvalue weighted by Crippen LogP contribution is -2.37. The number of nitrogens with zero attached hydrogens (tertiary/aromatic N) is 5. The SMILES string of the molecule is CCN(C(=O)Cn1nc(-c2ccc3c(ccn3C)c2)c2[nH]cnc2c1=O)c1ccc2c(c1)OC(F)(F)O2. The fourth-order valence-electron chi connectivity index (χ4n) is 4.54. The maximum Gasteiger partial charge on any atom is 0.586 e. The molecule has 3 aromatic heterocycles. The Morgan fingerprint density at radius 2 is 1.95 bits per heavy atom. The second-order valence-electron chi connectivity index (χ2n) is 8.57. The topological polar surface area (TPSA) is 107 Å². The van der Waals surface area contributed by atoms with Crippen molar-refractivity contribution in [1.82, 2.24) is 24.3 Å². The summed E-state index contributed by atoms with van der Waals surface area (Å²) in [5.74, 6) is -0.776. The molecule has 2 aromatic carbocycles. The third-order valence-electron chi connectivity index (χ3n) is 6.29. The Hall–Kier alpha value is -4.74. The van der Waals surface area contributed by atoms with Crippen molar-refractivity contribution in [2.24, 2.45) is 7.05 Å². The van der Waals surface area contributed by atoms with Gasteiger partial charge >= 0.3 is 6.29 Å². The number of likely N-dealkylation sites (N-methyl/N-ethyl adjacent to an activating group) is 1. The van der Waals surface area contributed by atoms with Gasteiger partial charge in [-0.1, -0.05) is 6.07 Å². The van der Waals surface area contributed by atoms with E-state index >= 15 is 0 Å². The van der Waals surface area contributed by atoms with Gasteiger partial charge in [-0.2, -0.15) is 5.10 Å². The van der Waals surface area contributed by atoms with Crippen LogP contribution in [-0.4, -0.2) is 43.1 Å². The number of imidazole rings is 1. The number of alkyl halides is 2. The van der Waals surface area contributed by atoms with Crippen LogP contribution in [0.1, 0.15) is 6.92 Å². The Balaban J connectivity index is 1.37. The molecule has 0 aliphatic carbocycles. The maximum atomic E-state index is 13.4. The number of halogens is 2. The number of aromatic amines is 1. The van der Waals surface area contributed by atoms with Crippen molar-refractivity contribution in [3.05, 3.63) is 65.3 Å². The smallest absolute Gasteiger partial charge is 0.395 e. The molecule has 0 spiro atoms. The van der Waals surface area contributed by atoms with E-state index in [-0.39, 0.29) is 30.1 Å². The first kappa shape index (κ1) is 22.7. The van der Waals surface area contributed by atoms with Crippen LogP contribution in [0, 0.1) is 0 Å². The quantitative estimate of drug-likeness (QED) is 0.390. The predicted molar refractivity (Wildman–Crippen MR) is 131 cm³/mol. The van der Waals surface area contributed by atoms with E-state index in [4.69, 9.17) is 0 Å². The minimum atomic E-state index is -3.77. The van der Waals surface area contributed by atoms with Crippen LogP contribution in [0.25, 0.3) is 33.2 Å². The molecule has 1 aliphatic rings. The van der Waals surface area contributed by atoms with E-state index in [2.05, 4.69) is 24.5 Å². The normalized spacial score (nSPS) is 13.9. The van der Waals surface area contributed by atoms with Crippen molar-refractivity contribution < 1.29 is 23.0 Å². The zero-order valence-electron chi connectivity index (χ0n) is 19.7. The van der Waals surface area contributed by atoms with Gasteiger partial charge in [0.1, 0.15) is 12.2 Å². The van der Waals surface area contributed by atoms with E-state index in [0.717, 1.165) is 21.1 Å². The first-order valence-electron chi connectivity index (χ1n) is 11.4. The fourth-order valence-corrected chi connectivity index (χ4v) is 4.54. The molecule has 37 heavy (non-hydrogen) atoms. The average molecular weight is 506 g/mol. The summed E-state index contributed by atoms with van der Waals surface area (Å²) in [5.41, 5.74) is 2.66. The van der Waals surface area contributed by atoms with Crippen LogP contribution in [0.15, 0.2) is 59.8 Å². The molecule has 1 aliphatic heterocycles. The van der Waals surface area contributed by atoms with Crippen molar-refractivity contribution in [3.8, 4) is 22.8 Å². The van der Waals surface area contributed by atoms with Crippen molar-refractivity contribution in [3.63, 3.8) is 0 Å². The molecule has 188 valence electrons. The zero-order chi connectivity index (χ0) is 25.9. The number of hydrogen-bond donors (Lipinski definition) is 1. The third-order valence-corrected chi connectivity index (χ3v) is 6.29. The van der Waals surface area contributed by atoms with Crippen molar-refractivity contribution in [1.29, 1.82) is 0 Å². The number of ether oxygens (including phenoxy) is 2. The number of amides is 1. The number of benzene rings is 2. The van der Waals surface area contributed by atoms with Crippen LogP contribution in [0.3, 0.4) is 0 Å². The van der Waals surface area contributed by atoms with E-state index in [1.165, 1.54) is 29.4 Å². The Labute approximate surface area is 207 Å². The summed E-state index contributed by atoms with van der Waals surface area (Å²) in [6.45, 7) is 1.55. The van der Waals surface area contributed by atoms with Crippen LogP contribution >= 0.6 is 0 Å². The van der Waals surface area contributed by atoms with Gasteiger partial charge in [-0.3, -0.25) is 9.59 Å². The van der Waals surface area contributed by atoms with E-state index in [0.29, 0.717) is 16.9 Å². The number of fused-ring (bicyclic) bond motifs is 3. The molecular weight excluding hydrogens is 486 g/mol. The molecule has 5 aromatic rings. The average Bonchev–Trinajstić information content (AvgIpc) is 3.57. The number of aromatic nitrogens is 5. The van der Waals surface area contributed by atoms with Gasteiger partial charge in [0.05, 0.1) is 11.8 Å². The van der Waals surface area contributed by atoms with Crippen LogP contribution in [-0.2, 0) is 18.4 Å². The van der Waals surface area contributed by atoms with Crippen molar-refractivity contribution in [2.45, 2.75) is 19.8 Å². The van der Waals surface area contributed by atoms with Crippen LogP contribution in [0.4, 0.5) is 14.5 Å². The lowest BCUT2D eigenvalue weighted by molar-refractivity contribution is -0.286. The monoisotopic (exact) mass is 506 g/mol. The third kappa shape index (κ3) is 3.77. The zero-order valence-corrected chi connectivity index (χ0v) is 19.7. The van der Waals surface area contributed by atoms with Gasteiger partial charge in [0.15, 0.2) is 17.0 Å². The molecule has 10 nitrogen and oxygen atoms in total. The molecule has 0 saturated heterocycles. The Morgan fingerprint density at radius 1 is 1.14 bits per heavy atom. The lowest BCUT2D eigenvalue weighted by Gasteiger charge is -2.21. The number of carbonyl (C=O) groups is 1. The van der Waals surface area contributed by atoms with Crippen LogP contribution in [0.2, 0.25) is 0 Å². The predicted octanol–water partition coefficient (Wildman–Crippen LogP) is 3.65. The van der Waals surface area contributed by atoms with Gasteiger partial charge < -0.3 is 23.9 Å². The highest BCUT2D eigenvalue weighted by atomic mass is 19.3. The fraction of sp³-hybridized carbons (Fsp3) is 0.200. The molecule has 12 heteroatoms. The van der Waals surface area contributed by atoms with E-state index in [1.54, 1.807) is 6.92 Å². The minimum Gasteiger partial charge on any atom is -0.395 e. The van der Waals surface area contributed by atoms with Gasteiger partial charge in [-0.05, 0) is 37.3 Å². The molecule has 0 atom stereocenters. The van der Waals surface area contributed by atoms with E-state index < -0.39 is 17.8 Å². The van der Waals surface area contributed by atoms with Crippen LogP contribution in [0.5, 0.6) is 11.5 Å². The number of anilines is 1. The Morgan fingerprint density at radius 3 is 2.76 bits per heavy atom. The number of aryl methyl sites for hydroxylation is 1. The summed E-state index contributed by atoms with van der Waals surface area (Å²) in [6.07, 6.45) is -0.410. The van der Waals surface area contributed by atoms with Gasteiger partial charge in [0.25, 0.3) is 5.56 Å². The Bertz CT molecular complexity index is 1760. The highest BCUT2D eigenvalue weighted by molar-refractivity contribution is 5.95. The number of carbonyl (C=O) groups excluding carboxylic acids is 1. The van der Waals surface area contributed by atoms with Crippen molar-refractivity contribution >= 4 is 33.5 Å². The van der Waals surface area contributed by atoms with Gasteiger partial charge in [-0.15, -0.1) is 8.78 Å². The highest BCUT2D eigenvalue weighted by Gasteiger charge is 2.43. The molecule has 6 rings (SSSR count). The standard InChI is InChI=1S/C25H20F2N6O4/c1-3-32(16-5-7-18-19(11-16)37-25(26,27)36-18)20(34)12-33-24(35)23-22(28-13-29-23)21(30-33)15-4-6-17-14(10-15)8-9-31(17)2/h4-11,13H,3,12H2,1-2H3,(H,28,29). The summed E-state index contributed by atoms with van der Waals surface area (Å²) < 4.78 is 38.9. The number of H-pyrrole nitrogens is 1. The lowest BCUT2D eigenvalue weighted by atomic mass is 10.1. The largest absolute Gasteiger partial charge is 0.586 e. The summed E-state index contributed by atoms with van der Waals surface area (Å²) in [7, 11) is 1.95. The molecule has 0 saturated carbocycles. The Kier molecular flexibility index (Phi) is 5.00. The molecule has 1 amide bonds. The molecule has 0 bridgehead atoms. The maximum absolute atomic E-state index is 13.4. The number of hydrogen-bond acceptors (Lipinski definition) is 6. The van der Waals surface area contributed by atoms with E-state index in [1.807, 2.05) is 42.1 Å². The van der Waals surface area contributed by atoms with Gasteiger partial charge in [0, 0.05) is 48.0 Å². The summed E-state index contributed by atoms with van der Waals surface area (Å²) in [5, 5.41) is 5.51.